The van der Waals surface area contributed by atoms with Crippen LogP contribution in [0.4, 0.5) is 0 Å². The molecule has 2 heterocycles. The molecule has 0 amide bonds. The standard InChI is InChI=1S/C6H14N2.C6H13N2.CH4.Y/c2*1-8-5-2-3-7-4-6-8;;/h7H,2-6H2,1H3;2-6H2,1H3;1H4;/q;-1;;. The second-order valence-electron chi connectivity index (χ2n) is 4.73. The van der Waals surface area contributed by atoms with Crippen LogP contribution in [0.25, 0.3) is 5.32 Å². The van der Waals surface area contributed by atoms with Crippen LogP contribution in [0.3, 0.4) is 0 Å². The van der Waals surface area contributed by atoms with E-state index >= 15 is 0 Å². The van der Waals surface area contributed by atoms with Crippen molar-refractivity contribution in [1.29, 1.82) is 0 Å². The number of nitrogens with zero attached hydrogens (tertiary/aromatic N) is 3. The monoisotopic (exact) mass is 332 g/mol. The molecule has 1 radical (unpaired) electrons. The van der Waals surface area contributed by atoms with Crippen molar-refractivity contribution in [3.8, 4) is 0 Å². The van der Waals surface area contributed by atoms with E-state index in [-0.39, 0.29) is 40.1 Å². The summed E-state index contributed by atoms with van der Waals surface area (Å²) >= 11 is 0. The molecule has 0 unspecified atom stereocenters. The van der Waals surface area contributed by atoms with Crippen LogP contribution in [0.15, 0.2) is 0 Å². The van der Waals surface area contributed by atoms with Crippen LogP contribution in [0.2, 0.25) is 0 Å². The van der Waals surface area contributed by atoms with Gasteiger partial charge in [-0.1, -0.05) is 13.8 Å². The Bertz CT molecular complexity index is 135. The number of hydrogen-bond acceptors (Lipinski definition) is 3. The van der Waals surface area contributed by atoms with Gasteiger partial charge in [-0.2, -0.15) is 0 Å². The molecule has 0 aliphatic carbocycles. The minimum Gasteiger partial charge on any atom is -0.661 e. The summed E-state index contributed by atoms with van der Waals surface area (Å²) in [6, 6.07) is 0. The van der Waals surface area contributed by atoms with Gasteiger partial charge in [0.15, 0.2) is 0 Å². The summed E-state index contributed by atoms with van der Waals surface area (Å²) in [5, 5.41) is 7.62. The molecular weight excluding hydrogens is 301 g/mol. The van der Waals surface area contributed by atoms with Crippen LogP contribution in [-0.2, 0) is 32.7 Å². The van der Waals surface area contributed by atoms with E-state index in [2.05, 4.69) is 34.5 Å². The fraction of sp³-hybridized carbons (Fsp3) is 1.00. The summed E-state index contributed by atoms with van der Waals surface area (Å²) < 4.78 is 0. The van der Waals surface area contributed by atoms with E-state index < -0.39 is 0 Å². The van der Waals surface area contributed by atoms with Crippen molar-refractivity contribution >= 4 is 0 Å². The van der Waals surface area contributed by atoms with Crippen molar-refractivity contribution in [1.82, 2.24) is 15.1 Å². The zero-order valence-electron chi connectivity index (χ0n) is 11.5. The molecule has 1 N–H and O–H groups in total. The van der Waals surface area contributed by atoms with Crippen LogP contribution < -0.4 is 5.32 Å². The number of likely N-dealkylation sites (N-methyl/N-ethyl adjacent to an activating group) is 2. The van der Waals surface area contributed by atoms with Gasteiger partial charge in [0.2, 0.25) is 0 Å². The summed E-state index contributed by atoms with van der Waals surface area (Å²) in [4.78, 5) is 4.69. The van der Waals surface area contributed by atoms with E-state index in [4.69, 9.17) is 0 Å². The maximum Gasteiger partial charge on any atom is 0.0104 e. The van der Waals surface area contributed by atoms with Gasteiger partial charge in [-0.15, -0.1) is 13.1 Å². The predicted octanol–water partition coefficient (Wildman–Crippen LogP) is 1.24. The van der Waals surface area contributed by atoms with E-state index in [0.717, 1.165) is 26.2 Å². The van der Waals surface area contributed by atoms with Gasteiger partial charge in [0.1, 0.15) is 0 Å². The van der Waals surface area contributed by atoms with Crippen molar-refractivity contribution in [3.05, 3.63) is 5.32 Å². The Labute approximate surface area is 139 Å². The summed E-state index contributed by atoms with van der Waals surface area (Å²) in [6.07, 6.45) is 2.55. The van der Waals surface area contributed by atoms with E-state index in [1.807, 2.05) is 0 Å². The largest absolute Gasteiger partial charge is 0.661 e. The summed E-state index contributed by atoms with van der Waals surface area (Å²) in [7, 11) is 4.33. The second kappa shape index (κ2) is 14.4. The Morgan fingerprint density at radius 3 is 2.28 bits per heavy atom. The first-order chi connectivity index (χ1) is 7.79. The van der Waals surface area contributed by atoms with Gasteiger partial charge in [0.05, 0.1) is 0 Å². The van der Waals surface area contributed by atoms with Crippen LogP contribution in [0, 0.1) is 0 Å². The predicted molar refractivity (Wildman–Crippen MR) is 76.9 cm³/mol. The molecule has 4 nitrogen and oxygen atoms in total. The maximum absolute atomic E-state index is 4.28. The minimum atomic E-state index is 0. The van der Waals surface area contributed by atoms with Crippen molar-refractivity contribution in [2.45, 2.75) is 20.3 Å². The summed E-state index contributed by atoms with van der Waals surface area (Å²) in [5.41, 5.74) is 0. The Balaban J connectivity index is 0. The Morgan fingerprint density at radius 2 is 1.50 bits per heavy atom. The third-order valence-electron chi connectivity index (χ3n) is 3.06. The molecule has 0 aromatic heterocycles. The zero-order chi connectivity index (χ0) is 11.6. The van der Waals surface area contributed by atoms with Crippen molar-refractivity contribution in [3.63, 3.8) is 0 Å². The van der Waals surface area contributed by atoms with Crippen molar-refractivity contribution in [2.75, 3.05) is 66.5 Å². The molecule has 0 saturated carbocycles. The van der Waals surface area contributed by atoms with Crippen LogP contribution in [0.5, 0.6) is 0 Å². The molecule has 0 atom stereocenters. The van der Waals surface area contributed by atoms with E-state index in [1.54, 1.807) is 0 Å². The average Bonchev–Trinajstić information content (AvgIpc) is 2.64. The second-order valence-corrected chi connectivity index (χ2v) is 4.73. The molecule has 2 aliphatic heterocycles. The molecule has 107 valence electrons. The quantitative estimate of drug-likeness (QED) is 0.725. The van der Waals surface area contributed by atoms with Gasteiger partial charge in [-0.3, -0.25) is 0 Å². The Kier molecular flexibility index (Phi) is 16.9. The Morgan fingerprint density at radius 1 is 0.833 bits per heavy atom. The molecule has 0 aromatic carbocycles. The normalized spacial score (nSPS) is 22.3. The average molecular weight is 332 g/mol. The molecule has 0 bridgehead atoms. The van der Waals surface area contributed by atoms with E-state index in [0.29, 0.717) is 0 Å². The molecule has 2 fully saturated rings. The molecule has 2 aliphatic rings. The molecule has 2 saturated heterocycles. The summed E-state index contributed by atoms with van der Waals surface area (Å²) in [5.74, 6) is 0. The maximum atomic E-state index is 4.28. The Hall–Kier alpha value is 0.944. The SMILES string of the molecule is C.CN1CCCNCC1.CN1CCC[N-]CC1.[Y]. The first-order valence-electron chi connectivity index (χ1n) is 6.50. The minimum absolute atomic E-state index is 0. The number of rotatable bonds is 0. The molecule has 18 heavy (non-hydrogen) atoms. The van der Waals surface area contributed by atoms with E-state index in [9.17, 15) is 0 Å². The van der Waals surface area contributed by atoms with Gasteiger partial charge >= 0.3 is 0 Å². The number of nitrogens with one attached hydrogen (secondary N) is 1. The molecule has 0 spiro atoms. The van der Waals surface area contributed by atoms with Gasteiger partial charge in [0.25, 0.3) is 0 Å². The third kappa shape index (κ3) is 12.0. The van der Waals surface area contributed by atoms with Crippen molar-refractivity contribution in [2.24, 2.45) is 0 Å². The molecule has 2 rings (SSSR count). The molecule has 5 heteroatoms. The van der Waals surface area contributed by atoms with Gasteiger partial charge in [-0.25, -0.2) is 0 Å². The van der Waals surface area contributed by atoms with Crippen molar-refractivity contribution < 1.29 is 32.7 Å². The number of hydrogen-bond donors (Lipinski definition) is 1. The van der Waals surface area contributed by atoms with Crippen LogP contribution in [0.1, 0.15) is 20.3 Å². The van der Waals surface area contributed by atoms with Crippen LogP contribution in [-0.4, -0.2) is 76.3 Å². The summed E-state index contributed by atoms with van der Waals surface area (Å²) in [6.45, 7) is 9.32. The first-order valence-corrected chi connectivity index (χ1v) is 6.50. The first kappa shape index (κ1) is 21.2. The fourth-order valence-corrected chi connectivity index (χ4v) is 1.90. The topological polar surface area (TPSA) is 32.6 Å². The van der Waals surface area contributed by atoms with E-state index in [1.165, 1.54) is 39.0 Å². The fourth-order valence-electron chi connectivity index (χ4n) is 1.90. The smallest absolute Gasteiger partial charge is 0.0104 e. The van der Waals surface area contributed by atoms with Gasteiger partial charge in [-0.05, 0) is 46.7 Å². The van der Waals surface area contributed by atoms with Crippen LogP contribution >= 0.6 is 0 Å². The molecule has 0 aromatic rings. The molecular formula is C13H31N4Y-. The van der Waals surface area contributed by atoms with Gasteiger partial charge < -0.3 is 20.4 Å². The third-order valence-corrected chi connectivity index (χ3v) is 3.06. The zero-order valence-corrected chi connectivity index (χ0v) is 14.3. The van der Waals surface area contributed by atoms with Gasteiger partial charge in [0, 0.05) is 45.8 Å².